The van der Waals surface area contributed by atoms with Gasteiger partial charge in [-0.1, -0.05) is 42.2 Å². The molecule has 0 aromatic heterocycles. The molecule has 6 nitrogen and oxygen atoms in total. The molecule has 0 spiro atoms. The zero-order valence-electron chi connectivity index (χ0n) is 20.7. The highest BCUT2D eigenvalue weighted by Gasteiger charge is 2.27. The van der Waals surface area contributed by atoms with E-state index in [2.05, 4.69) is 17.2 Å². The molecular formula is C29H36N4O2. The van der Waals surface area contributed by atoms with Crippen LogP contribution in [0.25, 0.3) is 0 Å². The fraction of sp³-hybridized carbons (Fsp3) is 0.414. The minimum Gasteiger partial charge on any atom is -0.370 e. The molecule has 0 unspecified atom stereocenters. The molecular weight excluding hydrogens is 436 g/mol. The van der Waals surface area contributed by atoms with Gasteiger partial charge in [0.1, 0.15) is 5.78 Å². The second kappa shape index (κ2) is 12.8. The molecule has 1 aliphatic heterocycles. The Kier molecular flexibility index (Phi) is 9.48. The Bertz CT molecular complexity index is 1070. The molecule has 35 heavy (non-hydrogen) atoms. The van der Waals surface area contributed by atoms with E-state index in [1.54, 1.807) is 0 Å². The van der Waals surface area contributed by atoms with Crippen LogP contribution in [-0.2, 0) is 16.0 Å². The first-order valence-electron chi connectivity index (χ1n) is 12.4. The van der Waals surface area contributed by atoms with Crippen LogP contribution < -0.4 is 11.1 Å². The summed E-state index contributed by atoms with van der Waals surface area (Å²) < 4.78 is 0. The van der Waals surface area contributed by atoms with Crippen molar-refractivity contribution in [1.82, 2.24) is 10.2 Å². The van der Waals surface area contributed by atoms with E-state index in [4.69, 9.17) is 11.1 Å². The molecule has 1 amide bonds. The second-order valence-corrected chi connectivity index (χ2v) is 9.66. The van der Waals surface area contributed by atoms with Crippen molar-refractivity contribution in [2.75, 3.05) is 13.1 Å². The average molecular weight is 473 g/mol. The number of ketones is 1. The van der Waals surface area contributed by atoms with Crippen molar-refractivity contribution >= 4 is 17.6 Å². The van der Waals surface area contributed by atoms with Crippen LogP contribution in [-0.4, -0.2) is 41.7 Å². The maximum atomic E-state index is 13.0. The number of hydrogen-bond acceptors (Lipinski definition) is 3. The van der Waals surface area contributed by atoms with E-state index in [1.807, 2.05) is 73.3 Å². The molecule has 0 radical (unpaired) electrons. The van der Waals surface area contributed by atoms with E-state index < -0.39 is 5.92 Å². The van der Waals surface area contributed by atoms with Crippen molar-refractivity contribution in [1.29, 1.82) is 5.41 Å². The van der Waals surface area contributed by atoms with Gasteiger partial charge in [-0.25, -0.2) is 0 Å². The summed E-state index contributed by atoms with van der Waals surface area (Å²) in [7, 11) is 0. The predicted octanol–water partition coefficient (Wildman–Crippen LogP) is 3.72. The summed E-state index contributed by atoms with van der Waals surface area (Å²) >= 11 is 0. The fourth-order valence-corrected chi connectivity index (χ4v) is 4.47. The summed E-state index contributed by atoms with van der Waals surface area (Å²) in [6.07, 6.45) is 3.01. The largest absolute Gasteiger partial charge is 0.370 e. The number of likely N-dealkylation sites (tertiary alicyclic amines) is 1. The number of nitrogens with one attached hydrogen (secondary N) is 2. The Morgan fingerprint density at radius 3 is 2.37 bits per heavy atom. The Hall–Kier alpha value is -3.59. The van der Waals surface area contributed by atoms with E-state index in [9.17, 15) is 9.59 Å². The maximum absolute atomic E-state index is 13.0. The first kappa shape index (κ1) is 26.0. The first-order chi connectivity index (χ1) is 16.8. The number of carbonyl (C=O) groups is 2. The van der Waals surface area contributed by atoms with Crippen LogP contribution in [0.4, 0.5) is 0 Å². The van der Waals surface area contributed by atoms with E-state index >= 15 is 0 Å². The highest BCUT2D eigenvalue weighted by Crippen LogP contribution is 2.22. The standard InChI is InChI=1S/C29H36N4O2/c1-21(2)32-28(35)26(19-27(34)18-25-9-6-16-33(20-25)29(30)31)17-24-14-12-23(13-15-24)11-10-22-7-4-3-5-8-22/h3-5,7-8,12-15,21,25-26H,6,9,16-20H2,1-2H3,(H3,30,31)(H,32,35)/t25-,26-/m1/s1. The van der Waals surface area contributed by atoms with Crippen molar-refractivity contribution in [3.05, 3.63) is 71.3 Å². The molecule has 0 bridgehead atoms. The SMILES string of the molecule is CC(C)NC(=O)[C@@H](CC(=O)C[C@H]1CCCN(C(=N)N)C1)Cc1ccc(C#Cc2ccccc2)cc1. The molecule has 184 valence electrons. The van der Waals surface area contributed by atoms with Crippen LogP contribution in [0, 0.1) is 29.1 Å². The van der Waals surface area contributed by atoms with Crippen molar-refractivity contribution in [3.8, 4) is 11.8 Å². The predicted molar refractivity (Wildman–Crippen MR) is 140 cm³/mol. The third kappa shape index (κ3) is 8.60. The zero-order chi connectivity index (χ0) is 25.2. The molecule has 0 saturated carbocycles. The van der Waals surface area contributed by atoms with Gasteiger partial charge in [0.25, 0.3) is 0 Å². The van der Waals surface area contributed by atoms with Gasteiger partial charge in [0.05, 0.1) is 0 Å². The van der Waals surface area contributed by atoms with E-state index in [0.717, 1.165) is 36.1 Å². The highest BCUT2D eigenvalue weighted by atomic mass is 16.2. The van der Waals surface area contributed by atoms with E-state index in [-0.39, 0.29) is 36.0 Å². The first-order valence-corrected chi connectivity index (χ1v) is 12.4. The number of rotatable bonds is 8. The van der Waals surface area contributed by atoms with Crippen LogP contribution in [0.3, 0.4) is 0 Å². The maximum Gasteiger partial charge on any atom is 0.224 e. The van der Waals surface area contributed by atoms with Gasteiger partial charge in [0.15, 0.2) is 5.96 Å². The van der Waals surface area contributed by atoms with Crippen LogP contribution in [0.1, 0.15) is 56.2 Å². The number of benzene rings is 2. The number of piperidine rings is 1. The van der Waals surface area contributed by atoms with Gasteiger partial charge < -0.3 is 16.0 Å². The minimum absolute atomic E-state index is 0.0122. The molecule has 1 aliphatic rings. The normalized spacial score (nSPS) is 16.2. The van der Waals surface area contributed by atoms with Gasteiger partial charge in [-0.05, 0) is 68.9 Å². The number of nitrogens with two attached hydrogens (primary N) is 1. The monoisotopic (exact) mass is 472 g/mol. The molecule has 3 rings (SSSR count). The van der Waals surface area contributed by atoms with Crippen LogP contribution >= 0.6 is 0 Å². The molecule has 2 aromatic carbocycles. The number of Topliss-reactive ketones (excluding diaryl/α,β-unsaturated/α-hetero) is 1. The van der Waals surface area contributed by atoms with Crippen LogP contribution in [0.5, 0.6) is 0 Å². The van der Waals surface area contributed by atoms with Gasteiger partial charge in [0.2, 0.25) is 5.91 Å². The Morgan fingerprint density at radius 1 is 1.09 bits per heavy atom. The minimum atomic E-state index is -0.418. The summed E-state index contributed by atoms with van der Waals surface area (Å²) in [5.41, 5.74) is 8.51. The van der Waals surface area contributed by atoms with Gasteiger partial charge in [0, 0.05) is 49.0 Å². The molecule has 1 fully saturated rings. The number of hydrogen-bond donors (Lipinski definition) is 3. The number of amides is 1. The second-order valence-electron chi connectivity index (χ2n) is 9.66. The molecule has 0 aliphatic carbocycles. The quantitative estimate of drug-likeness (QED) is 0.310. The Balaban J connectivity index is 1.63. The van der Waals surface area contributed by atoms with Crippen molar-refractivity contribution in [2.45, 2.75) is 52.0 Å². The number of carbonyl (C=O) groups excluding carboxylic acids is 2. The summed E-state index contributed by atoms with van der Waals surface area (Å²) in [6.45, 7) is 5.26. The topological polar surface area (TPSA) is 99.3 Å². The third-order valence-corrected chi connectivity index (χ3v) is 6.21. The summed E-state index contributed by atoms with van der Waals surface area (Å²) in [5.74, 6) is 6.15. The summed E-state index contributed by atoms with van der Waals surface area (Å²) in [6, 6.07) is 17.7. The third-order valence-electron chi connectivity index (χ3n) is 6.21. The lowest BCUT2D eigenvalue weighted by atomic mass is 9.87. The molecule has 1 heterocycles. The van der Waals surface area contributed by atoms with Crippen molar-refractivity contribution in [3.63, 3.8) is 0 Å². The Labute approximate surface area is 208 Å². The molecule has 2 aromatic rings. The Morgan fingerprint density at radius 2 is 1.74 bits per heavy atom. The molecule has 6 heteroatoms. The average Bonchev–Trinajstić information content (AvgIpc) is 2.83. The number of nitrogens with zero attached hydrogens (tertiary/aromatic N) is 1. The smallest absolute Gasteiger partial charge is 0.224 e. The molecule has 1 saturated heterocycles. The fourth-order valence-electron chi connectivity index (χ4n) is 4.47. The number of guanidine groups is 1. The van der Waals surface area contributed by atoms with Gasteiger partial charge in [-0.2, -0.15) is 0 Å². The molecule has 2 atom stereocenters. The lowest BCUT2D eigenvalue weighted by Crippen LogP contribution is -2.44. The van der Waals surface area contributed by atoms with E-state index in [0.29, 0.717) is 19.4 Å². The lowest BCUT2D eigenvalue weighted by Gasteiger charge is -2.32. The molecule has 4 N–H and O–H groups in total. The summed E-state index contributed by atoms with van der Waals surface area (Å²) in [4.78, 5) is 27.7. The van der Waals surface area contributed by atoms with Gasteiger partial charge in [-0.3, -0.25) is 15.0 Å². The highest BCUT2D eigenvalue weighted by molar-refractivity contribution is 5.87. The van der Waals surface area contributed by atoms with E-state index in [1.165, 1.54) is 0 Å². The van der Waals surface area contributed by atoms with Crippen LogP contribution in [0.2, 0.25) is 0 Å². The van der Waals surface area contributed by atoms with Crippen molar-refractivity contribution in [2.24, 2.45) is 17.6 Å². The van der Waals surface area contributed by atoms with Crippen molar-refractivity contribution < 1.29 is 9.59 Å². The van der Waals surface area contributed by atoms with Gasteiger partial charge >= 0.3 is 0 Å². The lowest BCUT2D eigenvalue weighted by molar-refractivity contribution is -0.130. The van der Waals surface area contributed by atoms with Crippen LogP contribution in [0.15, 0.2) is 54.6 Å². The summed E-state index contributed by atoms with van der Waals surface area (Å²) in [5, 5.41) is 10.6. The van der Waals surface area contributed by atoms with Gasteiger partial charge in [-0.15, -0.1) is 0 Å². The zero-order valence-corrected chi connectivity index (χ0v) is 20.7.